The van der Waals surface area contributed by atoms with E-state index < -0.39 is 35.5 Å². The van der Waals surface area contributed by atoms with E-state index in [1.54, 1.807) is 20.8 Å². The van der Waals surface area contributed by atoms with Crippen LogP contribution in [0.1, 0.15) is 27.2 Å². The lowest BCUT2D eigenvalue weighted by molar-refractivity contribution is -0.149. The lowest BCUT2D eigenvalue weighted by Crippen LogP contribution is -2.23. The number of carboxylic acid groups (broad SMARTS) is 2. The van der Waals surface area contributed by atoms with Gasteiger partial charge in [0.2, 0.25) is 0 Å². The van der Waals surface area contributed by atoms with Crippen molar-refractivity contribution >= 4 is 17.9 Å². The minimum absolute atomic E-state index is 0.512. The number of carboxylic acids is 2. The van der Waals surface area contributed by atoms with Gasteiger partial charge in [0.05, 0.1) is 12.0 Å². The summed E-state index contributed by atoms with van der Waals surface area (Å²) in [6.07, 6.45) is -0.0454. The first kappa shape index (κ1) is 14.2. The summed E-state index contributed by atoms with van der Waals surface area (Å²) in [6.45, 7) is 4.86. The number of ether oxygens (including phenoxy) is 1. The summed E-state index contributed by atoms with van der Waals surface area (Å²) in [5.74, 6) is -3.64. The summed E-state index contributed by atoms with van der Waals surface area (Å²) in [7, 11) is 0. The molecule has 0 saturated carbocycles. The van der Waals surface area contributed by atoms with E-state index in [2.05, 4.69) is 0 Å². The molecule has 6 nitrogen and oxygen atoms in total. The number of esters is 1. The fourth-order valence-electron chi connectivity index (χ4n) is 0.825. The highest BCUT2D eigenvalue weighted by molar-refractivity contribution is 5.98. The van der Waals surface area contributed by atoms with Crippen molar-refractivity contribution in [1.82, 2.24) is 0 Å². The highest BCUT2D eigenvalue weighted by Gasteiger charge is 2.18. The quantitative estimate of drug-likeness (QED) is 0.547. The van der Waals surface area contributed by atoms with Crippen molar-refractivity contribution in [2.75, 3.05) is 0 Å². The van der Waals surface area contributed by atoms with Crippen LogP contribution in [0.25, 0.3) is 0 Å². The van der Waals surface area contributed by atoms with E-state index >= 15 is 0 Å². The summed E-state index contributed by atoms with van der Waals surface area (Å²) >= 11 is 0. The van der Waals surface area contributed by atoms with Gasteiger partial charge in [-0.15, -0.1) is 0 Å². The van der Waals surface area contributed by atoms with E-state index in [1.807, 2.05) is 0 Å². The molecule has 0 aliphatic carbocycles. The molecule has 16 heavy (non-hydrogen) atoms. The van der Waals surface area contributed by atoms with Gasteiger partial charge >= 0.3 is 17.9 Å². The van der Waals surface area contributed by atoms with E-state index in [0.29, 0.717) is 6.08 Å². The smallest absolute Gasteiger partial charge is 0.332 e. The van der Waals surface area contributed by atoms with Crippen molar-refractivity contribution in [3.63, 3.8) is 0 Å². The predicted molar refractivity (Wildman–Crippen MR) is 53.8 cm³/mol. The highest BCUT2D eigenvalue weighted by atomic mass is 16.6. The molecule has 0 radical (unpaired) electrons. The van der Waals surface area contributed by atoms with Gasteiger partial charge in [-0.2, -0.15) is 0 Å². The molecule has 0 aromatic heterocycles. The Morgan fingerprint density at radius 2 is 1.69 bits per heavy atom. The summed E-state index contributed by atoms with van der Waals surface area (Å²) in [6, 6.07) is 0. The molecule has 6 heteroatoms. The first-order chi connectivity index (χ1) is 7.11. The molecule has 0 unspecified atom stereocenters. The first-order valence-corrected chi connectivity index (χ1v) is 4.50. The number of hydrogen-bond donors (Lipinski definition) is 2. The van der Waals surface area contributed by atoms with E-state index in [0.717, 1.165) is 0 Å². The Bertz CT molecular complexity index is 334. The molecule has 0 saturated heterocycles. The second-order valence-electron chi connectivity index (χ2n) is 4.08. The highest BCUT2D eigenvalue weighted by Crippen LogP contribution is 2.09. The van der Waals surface area contributed by atoms with Crippen LogP contribution >= 0.6 is 0 Å². The fourth-order valence-corrected chi connectivity index (χ4v) is 0.825. The minimum Gasteiger partial charge on any atom is -0.481 e. The molecule has 0 aromatic carbocycles. The van der Waals surface area contributed by atoms with Crippen LogP contribution in [0.5, 0.6) is 0 Å². The molecule has 0 aliphatic heterocycles. The SMILES string of the molecule is CC(C)(C)OC(=O)/C=C(/CC(=O)O)C(=O)O. The lowest BCUT2D eigenvalue weighted by atomic mass is 10.1. The zero-order valence-electron chi connectivity index (χ0n) is 9.31. The third-order valence-corrected chi connectivity index (χ3v) is 1.32. The van der Waals surface area contributed by atoms with Crippen LogP contribution < -0.4 is 0 Å². The average molecular weight is 230 g/mol. The van der Waals surface area contributed by atoms with Gasteiger partial charge in [-0.05, 0) is 20.8 Å². The van der Waals surface area contributed by atoms with Crippen molar-refractivity contribution in [2.45, 2.75) is 32.8 Å². The molecule has 0 fully saturated rings. The van der Waals surface area contributed by atoms with Crippen LogP contribution in [0.4, 0.5) is 0 Å². The van der Waals surface area contributed by atoms with E-state index in [-0.39, 0.29) is 0 Å². The van der Waals surface area contributed by atoms with Gasteiger partial charge in [0, 0.05) is 6.08 Å². The molecule has 0 rings (SSSR count). The minimum atomic E-state index is -1.45. The Hall–Kier alpha value is -1.85. The van der Waals surface area contributed by atoms with Crippen molar-refractivity contribution in [3.05, 3.63) is 11.6 Å². The van der Waals surface area contributed by atoms with E-state index in [1.165, 1.54) is 0 Å². The fraction of sp³-hybridized carbons (Fsp3) is 0.500. The molecular weight excluding hydrogens is 216 g/mol. The molecule has 0 bridgehead atoms. The predicted octanol–water partition coefficient (Wildman–Crippen LogP) is 0.814. The Labute approximate surface area is 92.5 Å². The third-order valence-electron chi connectivity index (χ3n) is 1.32. The Kier molecular flexibility index (Phi) is 4.68. The zero-order valence-corrected chi connectivity index (χ0v) is 9.31. The number of aliphatic carboxylic acids is 2. The molecule has 0 amide bonds. The first-order valence-electron chi connectivity index (χ1n) is 4.50. The number of carbonyl (C=O) groups excluding carboxylic acids is 1. The van der Waals surface area contributed by atoms with Crippen molar-refractivity contribution in [3.8, 4) is 0 Å². The second-order valence-corrected chi connectivity index (χ2v) is 4.08. The number of carbonyl (C=O) groups is 3. The molecule has 0 aliphatic rings. The van der Waals surface area contributed by atoms with Crippen LogP contribution in [0.2, 0.25) is 0 Å². The van der Waals surface area contributed by atoms with Gasteiger partial charge in [-0.25, -0.2) is 9.59 Å². The van der Waals surface area contributed by atoms with Crippen LogP contribution in [0.3, 0.4) is 0 Å². The summed E-state index contributed by atoms with van der Waals surface area (Å²) in [4.78, 5) is 32.1. The van der Waals surface area contributed by atoms with Gasteiger partial charge in [-0.3, -0.25) is 4.79 Å². The molecule has 2 N–H and O–H groups in total. The van der Waals surface area contributed by atoms with Crippen molar-refractivity contribution in [1.29, 1.82) is 0 Å². The standard InChI is InChI=1S/C10H14O6/c1-10(2,3)16-8(13)5-6(9(14)15)4-7(11)12/h5H,4H2,1-3H3,(H,11,12)(H,14,15)/b6-5-. The summed E-state index contributed by atoms with van der Waals surface area (Å²) < 4.78 is 4.83. The molecule has 0 heterocycles. The molecule has 0 spiro atoms. The maximum absolute atomic E-state index is 11.2. The van der Waals surface area contributed by atoms with Gasteiger partial charge in [0.15, 0.2) is 0 Å². The Morgan fingerprint density at radius 1 is 1.19 bits per heavy atom. The number of rotatable bonds is 4. The van der Waals surface area contributed by atoms with Crippen molar-refractivity contribution in [2.24, 2.45) is 0 Å². The van der Waals surface area contributed by atoms with Crippen LogP contribution in [-0.4, -0.2) is 33.7 Å². The maximum atomic E-state index is 11.2. The monoisotopic (exact) mass is 230 g/mol. The Morgan fingerprint density at radius 3 is 2.00 bits per heavy atom. The molecular formula is C10H14O6. The average Bonchev–Trinajstić information content (AvgIpc) is 1.97. The third kappa shape index (κ3) is 6.58. The largest absolute Gasteiger partial charge is 0.481 e. The Balaban J connectivity index is 4.73. The second kappa shape index (κ2) is 5.29. The topological polar surface area (TPSA) is 101 Å². The zero-order chi connectivity index (χ0) is 12.9. The molecule has 0 atom stereocenters. The van der Waals surface area contributed by atoms with Crippen molar-refractivity contribution < 1.29 is 29.3 Å². The van der Waals surface area contributed by atoms with Crippen LogP contribution in [-0.2, 0) is 19.1 Å². The molecule has 0 aromatic rings. The van der Waals surface area contributed by atoms with Gasteiger partial charge in [0.1, 0.15) is 5.60 Å². The van der Waals surface area contributed by atoms with E-state index in [4.69, 9.17) is 14.9 Å². The van der Waals surface area contributed by atoms with Crippen LogP contribution in [0.15, 0.2) is 11.6 Å². The normalized spacial score (nSPS) is 12.1. The van der Waals surface area contributed by atoms with Gasteiger partial charge in [-0.1, -0.05) is 0 Å². The van der Waals surface area contributed by atoms with Gasteiger partial charge < -0.3 is 14.9 Å². The summed E-state index contributed by atoms with van der Waals surface area (Å²) in [5, 5.41) is 17.1. The maximum Gasteiger partial charge on any atom is 0.332 e. The van der Waals surface area contributed by atoms with E-state index in [9.17, 15) is 14.4 Å². The molecule has 90 valence electrons. The number of hydrogen-bond acceptors (Lipinski definition) is 4. The lowest BCUT2D eigenvalue weighted by Gasteiger charge is -2.18. The van der Waals surface area contributed by atoms with Crippen LogP contribution in [0, 0.1) is 0 Å². The summed E-state index contributed by atoms with van der Waals surface area (Å²) in [5.41, 5.74) is -1.26. The van der Waals surface area contributed by atoms with Gasteiger partial charge in [0.25, 0.3) is 0 Å².